The molecule has 2 heteroatoms. The number of aromatic nitrogens is 2. The van der Waals surface area contributed by atoms with Crippen molar-refractivity contribution >= 4 is 10.9 Å². The number of benzene rings is 1. The number of rotatable bonds is 3. The van der Waals surface area contributed by atoms with Gasteiger partial charge in [0.2, 0.25) is 0 Å². The van der Waals surface area contributed by atoms with Crippen molar-refractivity contribution < 1.29 is 0 Å². The molecule has 2 nitrogen and oxygen atoms in total. The predicted octanol–water partition coefficient (Wildman–Crippen LogP) is 3.57. The quantitative estimate of drug-likeness (QED) is 0.744. The summed E-state index contributed by atoms with van der Waals surface area (Å²) in [6.07, 6.45) is 3.08. The van der Waals surface area contributed by atoms with Gasteiger partial charge in [-0.25, -0.2) is 0 Å². The predicted molar refractivity (Wildman–Crippen MR) is 64.1 cm³/mol. The molecule has 0 saturated heterocycles. The lowest BCUT2D eigenvalue weighted by atomic mass is 10.0. The minimum Gasteiger partial charge on any atom is -0.265 e. The van der Waals surface area contributed by atoms with Crippen LogP contribution in [0.5, 0.6) is 0 Å². The molecule has 15 heavy (non-hydrogen) atoms. The van der Waals surface area contributed by atoms with Gasteiger partial charge in [-0.2, -0.15) is 5.10 Å². The maximum absolute atomic E-state index is 4.40. The molecule has 0 atom stereocenters. The minimum absolute atomic E-state index is 0.583. The monoisotopic (exact) mass is 202 g/mol. The molecule has 0 aliphatic rings. The van der Waals surface area contributed by atoms with Crippen molar-refractivity contribution in [3.63, 3.8) is 0 Å². The molecule has 2 rings (SSSR count). The molecular weight excluding hydrogens is 184 g/mol. The molecule has 1 aromatic heterocycles. The number of aryl methyl sites for hydroxylation is 1. The molecule has 0 amide bonds. The van der Waals surface area contributed by atoms with Crippen LogP contribution in [0.25, 0.3) is 10.9 Å². The first kappa shape index (κ1) is 10.2. The normalized spacial score (nSPS) is 11.5. The first-order valence-corrected chi connectivity index (χ1v) is 5.68. The van der Waals surface area contributed by atoms with Crippen LogP contribution in [-0.4, -0.2) is 9.78 Å². The molecule has 0 N–H and O–H groups in total. The summed E-state index contributed by atoms with van der Waals surface area (Å²) in [4.78, 5) is 0. The van der Waals surface area contributed by atoms with Gasteiger partial charge in [-0.3, -0.25) is 4.68 Å². The van der Waals surface area contributed by atoms with E-state index < -0.39 is 0 Å². The lowest BCUT2D eigenvalue weighted by Crippen LogP contribution is -1.98. The van der Waals surface area contributed by atoms with Gasteiger partial charge in [0, 0.05) is 11.9 Å². The number of hydrogen-bond acceptors (Lipinski definition) is 1. The van der Waals surface area contributed by atoms with Gasteiger partial charge >= 0.3 is 0 Å². The Morgan fingerprint density at radius 2 is 2.13 bits per heavy atom. The second-order valence-electron chi connectivity index (χ2n) is 4.34. The molecule has 0 bridgehead atoms. The zero-order valence-electron chi connectivity index (χ0n) is 9.70. The van der Waals surface area contributed by atoms with Gasteiger partial charge in [-0.05, 0) is 24.0 Å². The summed E-state index contributed by atoms with van der Waals surface area (Å²) in [6.45, 7) is 7.63. The second-order valence-corrected chi connectivity index (χ2v) is 4.34. The highest BCUT2D eigenvalue weighted by Gasteiger charge is 2.05. The Hall–Kier alpha value is -1.31. The van der Waals surface area contributed by atoms with E-state index in [1.54, 1.807) is 0 Å². The molecule has 0 aliphatic carbocycles. The number of hydrogen-bond donors (Lipinski definition) is 0. The highest BCUT2D eigenvalue weighted by atomic mass is 15.3. The van der Waals surface area contributed by atoms with Gasteiger partial charge in [0.05, 0.1) is 11.7 Å². The van der Waals surface area contributed by atoms with E-state index in [2.05, 4.69) is 48.8 Å². The average Bonchev–Trinajstić information content (AvgIpc) is 2.61. The van der Waals surface area contributed by atoms with E-state index in [0.717, 1.165) is 13.0 Å². The van der Waals surface area contributed by atoms with E-state index in [1.165, 1.54) is 16.5 Å². The molecular formula is C13H18N2. The highest BCUT2D eigenvalue weighted by molar-refractivity contribution is 5.79. The van der Waals surface area contributed by atoms with Crippen molar-refractivity contribution in [3.8, 4) is 0 Å². The first-order valence-electron chi connectivity index (χ1n) is 5.68. The van der Waals surface area contributed by atoms with Crippen molar-refractivity contribution in [3.05, 3.63) is 30.0 Å². The Labute approximate surface area is 90.9 Å². The number of fused-ring (bicyclic) bond motifs is 1. The van der Waals surface area contributed by atoms with Crippen LogP contribution in [0.4, 0.5) is 0 Å². The summed E-state index contributed by atoms with van der Waals surface area (Å²) >= 11 is 0. The van der Waals surface area contributed by atoms with Crippen molar-refractivity contribution in [1.29, 1.82) is 0 Å². The third-order valence-corrected chi connectivity index (χ3v) is 2.77. The van der Waals surface area contributed by atoms with Gasteiger partial charge in [-0.15, -0.1) is 0 Å². The van der Waals surface area contributed by atoms with E-state index in [4.69, 9.17) is 0 Å². The Morgan fingerprint density at radius 3 is 2.80 bits per heavy atom. The topological polar surface area (TPSA) is 17.8 Å². The van der Waals surface area contributed by atoms with Crippen molar-refractivity contribution in [1.82, 2.24) is 9.78 Å². The molecule has 1 aromatic carbocycles. The molecule has 0 radical (unpaired) electrons. The van der Waals surface area contributed by atoms with Gasteiger partial charge < -0.3 is 0 Å². The lowest BCUT2D eigenvalue weighted by molar-refractivity contribution is 0.622. The third-order valence-electron chi connectivity index (χ3n) is 2.77. The molecule has 0 unspecified atom stereocenters. The van der Waals surface area contributed by atoms with Crippen LogP contribution in [-0.2, 0) is 6.54 Å². The fraction of sp³-hybridized carbons (Fsp3) is 0.462. The summed E-state index contributed by atoms with van der Waals surface area (Å²) in [5.41, 5.74) is 2.66. The third kappa shape index (κ3) is 1.89. The van der Waals surface area contributed by atoms with Gasteiger partial charge in [0.15, 0.2) is 0 Å². The van der Waals surface area contributed by atoms with E-state index in [0.29, 0.717) is 5.92 Å². The fourth-order valence-corrected chi connectivity index (χ4v) is 1.84. The Morgan fingerprint density at radius 1 is 1.33 bits per heavy atom. The van der Waals surface area contributed by atoms with Crippen LogP contribution < -0.4 is 0 Å². The molecule has 0 saturated carbocycles. The largest absolute Gasteiger partial charge is 0.265 e. The summed E-state index contributed by atoms with van der Waals surface area (Å²) in [5, 5.41) is 5.65. The fourth-order valence-electron chi connectivity index (χ4n) is 1.84. The summed E-state index contributed by atoms with van der Waals surface area (Å²) in [7, 11) is 0. The Balaban J connectivity index is 2.51. The molecule has 0 spiro atoms. The molecule has 1 heterocycles. The zero-order valence-corrected chi connectivity index (χ0v) is 9.70. The van der Waals surface area contributed by atoms with Crippen LogP contribution in [0, 0.1) is 0 Å². The molecule has 80 valence electrons. The van der Waals surface area contributed by atoms with E-state index >= 15 is 0 Å². The Kier molecular flexibility index (Phi) is 2.76. The summed E-state index contributed by atoms with van der Waals surface area (Å²) < 4.78 is 2.10. The van der Waals surface area contributed by atoms with Crippen LogP contribution in [0.1, 0.15) is 38.7 Å². The van der Waals surface area contributed by atoms with E-state index in [-0.39, 0.29) is 0 Å². The zero-order chi connectivity index (χ0) is 10.8. The van der Waals surface area contributed by atoms with Crippen LogP contribution in [0.2, 0.25) is 0 Å². The van der Waals surface area contributed by atoms with Crippen molar-refractivity contribution in [2.45, 2.75) is 39.7 Å². The Bertz CT molecular complexity index is 455. The maximum Gasteiger partial charge on any atom is 0.0685 e. The van der Waals surface area contributed by atoms with Crippen LogP contribution in [0.3, 0.4) is 0 Å². The summed E-state index contributed by atoms with van der Waals surface area (Å²) in [5.74, 6) is 0.583. The van der Waals surface area contributed by atoms with Crippen molar-refractivity contribution in [2.75, 3.05) is 0 Å². The standard InChI is InChI=1S/C13H18N2/c1-4-7-15-13-8-11(10(2)3)5-6-12(13)9-14-15/h5-6,8-10H,4,7H2,1-3H3. The van der Waals surface area contributed by atoms with Gasteiger partial charge in [0.25, 0.3) is 0 Å². The van der Waals surface area contributed by atoms with Crippen molar-refractivity contribution in [2.24, 2.45) is 0 Å². The second kappa shape index (κ2) is 4.05. The van der Waals surface area contributed by atoms with E-state index in [9.17, 15) is 0 Å². The number of nitrogens with zero attached hydrogens (tertiary/aromatic N) is 2. The maximum atomic E-state index is 4.40. The van der Waals surface area contributed by atoms with Crippen LogP contribution >= 0.6 is 0 Å². The summed E-state index contributed by atoms with van der Waals surface area (Å²) in [6, 6.07) is 6.64. The molecule has 0 aliphatic heterocycles. The minimum atomic E-state index is 0.583. The highest BCUT2D eigenvalue weighted by Crippen LogP contribution is 2.21. The molecule has 2 aromatic rings. The first-order chi connectivity index (χ1) is 7.22. The van der Waals surface area contributed by atoms with Gasteiger partial charge in [-0.1, -0.05) is 32.9 Å². The SMILES string of the molecule is CCCn1ncc2ccc(C(C)C)cc21. The average molecular weight is 202 g/mol. The van der Waals surface area contributed by atoms with Crippen LogP contribution in [0.15, 0.2) is 24.4 Å². The molecule has 0 fully saturated rings. The lowest BCUT2D eigenvalue weighted by Gasteiger charge is -2.06. The smallest absolute Gasteiger partial charge is 0.0685 e. The van der Waals surface area contributed by atoms with Gasteiger partial charge in [0.1, 0.15) is 0 Å². The van der Waals surface area contributed by atoms with E-state index in [1.807, 2.05) is 6.20 Å².